The van der Waals surface area contributed by atoms with E-state index in [0.717, 1.165) is 0 Å². The summed E-state index contributed by atoms with van der Waals surface area (Å²) in [7, 11) is 0. The largest absolute Gasteiger partial charge is 0.441 e. The van der Waals surface area contributed by atoms with Gasteiger partial charge in [0.15, 0.2) is 5.84 Å². The molecule has 0 aliphatic heterocycles. The van der Waals surface area contributed by atoms with E-state index in [9.17, 15) is 18.0 Å². The highest BCUT2D eigenvalue weighted by molar-refractivity contribution is 8.00. The molecule has 0 radical (unpaired) electrons. The molecule has 1 amide bonds. The van der Waals surface area contributed by atoms with E-state index in [2.05, 4.69) is 15.5 Å². The molecule has 0 saturated carbocycles. The standard InChI is InChI=1S/C10H11F3N4O2S/c11-10(12,13)20-4-3-15-9(18)7-2-1-6(5-16-7)8(14)17-19/h1-2,5,19H,3-4H2,(H2,14,17)(H,15,18). The van der Waals surface area contributed by atoms with Crippen molar-refractivity contribution in [2.45, 2.75) is 5.51 Å². The highest BCUT2D eigenvalue weighted by Gasteiger charge is 2.27. The minimum Gasteiger partial charge on any atom is -0.409 e. The van der Waals surface area contributed by atoms with Crippen LogP contribution in [0.15, 0.2) is 23.5 Å². The molecule has 4 N–H and O–H groups in total. The van der Waals surface area contributed by atoms with Gasteiger partial charge >= 0.3 is 5.51 Å². The molecule has 1 aromatic rings. The maximum Gasteiger partial charge on any atom is 0.441 e. The molecule has 0 aromatic carbocycles. The van der Waals surface area contributed by atoms with E-state index in [4.69, 9.17) is 10.9 Å². The Morgan fingerprint density at radius 2 is 2.20 bits per heavy atom. The van der Waals surface area contributed by atoms with Crippen molar-refractivity contribution in [3.63, 3.8) is 0 Å². The summed E-state index contributed by atoms with van der Waals surface area (Å²) in [5, 5.41) is 13.5. The normalized spacial score (nSPS) is 12.2. The van der Waals surface area contributed by atoms with E-state index in [-0.39, 0.29) is 35.6 Å². The van der Waals surface area contributed by atoms with E-state index < -0.39 is 11.4 Å². The van der Waals surface area contributed by atoms with Gasteiger partial charge in [-0.25, -0.2) is 0 Å². The number of halogens is 3. The van der Waals surface area contributed by atoms with Crippen LogP contribution in [0.25, 0.3) is 0 Å². The molecule has 0 aliphatic rings. The van der Waals surface area contributed by atoms with Crippen molar-refractivity contribution >= 4 is 23.5 Å². The van der Waals surface area contributed by atoms with Gasteiger partial charge in [0, 0.05) is 24.1 Å². The van der Waals surface area contributed by atoms with Gasteiger partial charge in [-0.1, -0.05) is 5.16 Å². The number of thioether (sulfide) groups is 1. The zero-order chi connectivity index (χ0) is 15.2. The fourth-order valence-corrected chi connectivity index (χ4v) is 1.59. The van der Waals surface area contributed by atoms with Crippen molar-refractivity contribution in [3.8, 4) is 0 Å². The monoisotopic (exact) mass is 308 g/mol. The number of alkyl halides is 3. The zero-order valence-corrected chi connectivity index (χ0v) is 10.8. The first-order valence-electron chi connectivity index (χ1n) is 5.26. The van der Waals surface area contributed by atoms with Gasteiger partial charge in [0.05, 0.1) is 0 Å². The Morgan fingerprint density at radius 1 is 1.50 bits per heavy atom. The minimum absolute atomic E-state index is 0.0245. The zero-order valence-electron chi connectivity index (χ0n) is 10.0. The third-order valence-corrected chi connectivity index (χ3v) is 2.79. The minimum atomic E-state index is -4.31. The van der Waals surface area contributed by atoms with Crippen molar-refractivity contribution in [2.24, 2.45) is 10.9 Å². The Balaban J connectivity index is 2.48. The van der Waals surface area contributed by atoms with Crippen LogP contribution in [0.2, 0.25) is 0 Å². The van der Waals surface area contributed by atoms with Crippen molar-refractivity contribution < 1.29 is 23.2 Å². The highest BCUT2D eigenvalue weighted by Crippen LogP contribution is 2.29. The molecular weight excluding hydrogens is 297 g/mol. The molecule has 0 bridgehead atoms. The van der Waals surface area contributed by atoms with E-state index in [0.29, 0.717) is 5.56 Å². The lowest BCUT2D eigenvalue weighted by molar-refractivity contribution is -0.0327. The highest BCUT2D eigenvalue weighted by atomic mass is 32.2. The summed E-state index contributed by atoms with van der Waals surface area (Å²) in [6.45, 7) is -0.132. The van der Waals surface area contributed by atoms with E-state index >= 15 is 0 Å². The average molecular weight is 308 g/mol. The average Bonchev–Trinajstić information content (AvgIpc) is 2.41. The van der Waals surface area contributed by atoms with Crippen LogP contribution >= 0.6 is 11.8 Å². The van der Waals surface area contributed by atoms with Gasteiger partial charge in [0.1, 0.15) is 5.69 Å². The quantitative estimate of drug-likeness (QED) is 0.249. The second-order valence-corrected chi connectivity index (χ2v) is 4.63. The number of hydrogen-bond acceptors (Lipinski definition) is 5. The number of nitrogens with zero attached hydrogens (tertiary/aromatic N) is 2. The molecule has 0 saturated heterocycles. The van der Waals surface area contributed by atoms with Gasteiger partial charge in [0.25, 0.3) is 5.91 Å². The second-order valence-electron chi connectivity index (χ2n) is 3.47. The number of amidine groups is 1. The van der Waals surface area contributed by atoms with E-state index in [1.165, 1.54) is 18.3 Å². The summed E-state index contributed by atoms with van der Waals surface area (Å²) in [5.41, 5.74) is 1.34. The van der Waals surface area contributed by atoms with Crippen LogP contribution in [0.5, 0.6) is 0 Å². The van der Waals surface area contributed by atoms with Gasteiger partial charge in [-0.3, -0.25) is 9.78 Å². The van der Waals surface area contributed by atoms with Gasteiger partial charge < -0.3 is 16.3 Å². The van der Waals surface area contributed by atoms with Crippen molar-refractivity contribution in [1.82, 2.24) is 10.3 Å². The predicted molar refractivity (Wildman–Crippen MR) is 67.6 cm³/mol. The van der Waals surface area contributed by atoms with Crippen molar-refractivity contribution in [2.75, 3.05) is 12.3 Å². The molecular formula is C10H11F3N4O2S. The van der Waals surface area contributed by atoms with E-state index in [1.807, 2.05) is 0 Å². The fraction of sp³-hybridized carbons (Fsp3) is 0.300. The van der Waals surface area contributed by atoms with Crippen molar-refractivity contribution in [1.29, 1.82) is 0 Å². The lowest BCUT2D eigenvalue weighted by atomic mass is 10.2. The number of carbonyl (C=O) groups is 1. The molecule has 20 heavy (non-hydrogen) atoms. The maximum atomic E-state index is 11.9. The molecule has 0 unspecified atom stereocenters. The van der Waals surface area contributed by atoms with Crippen LogP contribution in [0, 0.1) is 0 Å². The molecule has 1 rings (SSSR count). The molecule has 0 spiro atoms. The summed E-state index contributed by atoms with van der Waals surface area (Å²) in [4.78, 5) is 15.3. The fourth-order valence-electron chi connectivity index (χ4n) is 1.16. The van der Waals surface area contributed by atoms with Gasteiger partial charge in [-0.15, -0.1) is 0 Å². The number of amides is 1. The molecule has 0 fully saturated rings. The predicted octanol–water partition coefficient (Wildman–Crippen LogP) is 1.16. The second kappa shape index (κ2) is 6.98. The number of hydrogen-bond donors (Lipinski definition) is 3. The van der Waals surface area contributed by atoms with Crippen LogP contribution in [-0.4, -0.2) is 39.7 Å². The molecule has 110 valence electrons. The van der Waals surface area contributed by atoms with Gasteiger partial charge in [-0.2, -0.15) is 13.2 Å². The molecule has 1 heterocycles. The first-order chi connectivity index (χ1) is 9.33. The number of nitrogens with two attached hydrogens (primary N) is 1. The molecule has 6 nitrogen and oxygen atoms in total. The van der Waals surface area contributed by atoms with Crippen LogP contribution in [0.1, 0.15) is 16.1 Å². The number of aromatic nitrogens is 1. The molecule has 10 heteroatoms. The van der Waals surface area contributed by atoms with Crippen LogP contribution < -0.4 is 11.1 Å². The summed E-state index contributed by atoms with van der Waals surface area (Å²) < 4.78 is 35.6. The summed E-state index contributed by atoms with van der Waals surface area (Å²) in [6, 6.07) is 2.72. The number of carbonyl (C=O) groups excluding carboxylic acids is 1. The topological polar surface area (TPSA) is 101 Å². The van der Waals surface area contributed by atoms with Crippen LogP contribution in [0.4, 0.5) is 13.2 Å². The lowest BCUT2D eigenvalue weighted by Gasteiger charge is -2.07. The first-order valence-corrected chi connectivity index (χ1v) is 6.25. The number of pyridine rings is 1. The Labute approximate surface area is 116 Å². The number of nitrogens with one attached hydrogen (secondary N) is 1. The Hall–Kier alpha value is -1.97. The smallest absolute Gasteiger partial charge is 0.409 e. The third-order valence-electron chi connectivity index (χ3n) is 2.05. The van der Waals surface area contributed by atoms with Gasteiger partial charge in [-0.05, 0) is 23.9 Å². The number of oxime groups is 1. The van der Waals surface area contributed by atoms with Gasteiger partial charge in [0.2, 0.25) is 0 Å². The van der Waals surface area contributed by atoms with E-state index in [1.54, 1.807) is 0 Å². The summed E-state index contributed by atoms with van der Waals surface area (Å²) >= 11 is -0.215. The van der Waals surface area contributed by atoms with Crippen molar-refractivity contribution in [3.05, 3.63) is 29.6 Å². The first kappa shape index (κ1) is 16.1. The third kappa shape index (κ3) is 5.34. The van der Waals surface area contributed by atoms with Crippen LogP contribution in [0.3, 0.4) is 0 Å². The van der Waals surface area contributed by atoms with Crippen LogP contribution in [-0.2, 0) is 0 Å². The lowest BCUT2D eigenvalue weighted by Crippen LogP contribution is -2.27. The SMILES string of the molecule is N/C(=N/O)c1ccc(C(=O)NCCSC(F)(F)F)nc1. The maximum absolute atomic E-state index is 11.9. The molecule has 0 atom stereocenters. The molecule has 1 aromatic heterocycles. The summed E-state index contributed by atoms with van der Waals surface area (Å²) in [6.07, 6.45) is 1.22. The number of rotatable bonds is 5. The molecule has 0 aliphatic carbocycles. The Bertz CT molecular complexity index is 490. The summed E-state index contributed by atoms with van der Waals surface area (Å²) in [5.74, 6) is -1.04. The Morgan fingerprint density at radius 3 is 2.70 bits per heavy atom. The Kier molecular flexibility index (Phi) is 5.62.